The van der Waals surface area contributed by atoms with E-state index < -0.39 is 0 Å². The molecule has 8 heteroatoms. The van der Waals surface area contributed by atoms with Crippen molar-refractivity contribution in [2.24, 2.45) is 0 Å². The molecule has 0 fully saturated rings. The molecule has 0 aliphatic carbocycles. The summed E-state index contributed by atoms with van der Waals surface area (Å²) >= 11 is 0. The van der Waals surface area contributed by atoms with Crippen molar-refractivity contribution in [1.29, 1.82) is 0 Å². The molecule has 1 amide bonds. The number of ether oxygens (including phenoxy) is 1. The lowest BCUT2D eigenvalue weighted by Crippen LogP contribution is -2.20. The van der Waals surface area contributed by atoms with Gasteiger partial charge >= 0.3 is 0 Å². The zero-order chi connectivity index (χ0) is 19.2. The third-order valence-electron chi connectivity index (χ3n) is 3.74. The molecule has 1 N–H and O–H groups in total. The predicted octanol–water partition coefficient (Wildman–Crippen LogP) is 2.58. The van der Waals surface area contributed by atoms with E-state index in [1.54, 1.807) is 24.3 Å². The van der Waals surface area contributed by atoms with Crippen molar-refractivity contribution in [3.05, 3.63) is 54.1 Å². The second-order valence-electron chi connectivity index (χ2n) is 5.78. The normalized spacial score (nSPS) is 10.4. The van der Waals surface area contributed by atoms with Crippen LogP contribution in [0.15, 0.2) is 48.5 Å². The number of carbonyl (C=O) groups is 2. The van der Waals surface area contributed by atoms with Crippen LogP contribution in [0.5, 0.6) is 5.75 Å². The van der Waals surface area contributed by atoms with Crippen LogP contribution >= 0.6 is 0 Å². The summed E-state index contributed by atoms with van der Waals surface area (Å²) in [5.74, 6) is 0.878. The Morgan fingerprint density at radius 3 is 2.41 bits per heavy atom. The van der Waals surface area contributed by atoms with Crippen molar-refractivity contribution in [2.75, 3.05) is 11.9 Å². The number of Topliss-reactive ketones (excluding diaryl/α,β-unsaturated/α-hetero) is 1. The van der Waals surface area contributed by atoms with Gasteiger partial charge in [-0.25, -0.2) is 0 Å². The molecular formula is C19H19N5O3. The number of aromatic nitrogens is 4. The van der Waals surface area contributed by atoms with Gasteiger partial charge in [-0.15, -0.1) is 10.2 Å². The van der Waals surface area contributed by atoms with Gasteiger partial charge in [-0.2, -0.15) is 4.80 Å². The average molecular weight is 365 g/mol. The number of anilines is 1. The molecule has 1 aromatic heterocycles. The number of nitrogens with zero attached hydrogens (tertiary/aromatic N) is 4. The maximum absolute atomic E-state index is 12.1. The van der Waals surface area contributed by atoms with Gasteiger partial charge in [0.15, 0.2) is 5.78 Å². The van der Waals surface area contributed by atoms with Gasteiger partial charge in [-0.3, -0.25) is 9.59 Å². The first-order valence-corrected chi connectivity index (χ1v) is 8.47. The van der Waals surface area contributed by atoms with Crippen molar-refractivity contribution >= 4 is 17.4 Å². The molecule has 0 bridgehead atoms. The minimum atomic E-state index is -0.291. The Balaban J connectivity index is 1.61. The summed E-state index contributed by atoms with van der Waals surface area (Å²) in [7, 11) is 0. The van der Waals surface area contributed by atoms with E-state index in [2.05, 4.69) is 20.7 Å². The van der Waals surface area contributed by atoms with Crippen LogP contribution in [0, 0.1) is 0 Å². The molecule has 3 aromatic rings. The maximum Gasteiger partial charge on any atom is 0.248 e. The van der Waals surface area contributed by atoms with Gasteiger partial charge in [0.2, 0.25) is 11.7 Å². The minimum absolute atomic E-state index is 0.0264. The van der Waals surface area contributed by atoms with Gasteiger partial charge in [0.05, 0.1) is 6.61 Å². The highest BCUT2D eigenvalue weighted by Crippen LogP contribution is 2.18. The minimum Gasteiger partial charge on any atom is -0.494 e. The Labute approximate surface area is 156 Å². The number of hydrogen-bond donors (Lipinski definition) is 1. The lowest BCUT2D eigenvalue weighted by atomic mass is 10.1. The van der Waals surface area contributed by atoms with E-state index in [9.17, 15) is 9.59 Å². The fourth-order valence-corrected chi connectivity index (χ4v) is 2.41. The van der Waals surface area contributed by atoms with Crippen LogP contribution in [0.2, 0.25) is 0 Å². The summed E-state index contributed by atoms with van der Waals surface area (Å²) in [5, 5.41) is 14.8. The number of tetrazole rings is 1. The number of nitrogens with one attached hydrogen (secondary N) is 1. The summed E-state index contributed by atoms with van der Waals surface area (Å²) in [4.78, 5) is 24.6. The quantitative estimate of drug-likeness (QED) is 0.646. The van der Waals surface area contributed by atoms with Crippen LogP contribution in [0.3, 0.4) is 0 Å². The van der Waals surface area contributed by atoms with Crippen LogP contribution in [-0.4, -0.2) is 38.5 Å². The van der Waals surface area contributed by atoms with Gasteiger partial charge < -0.3 is 10.1 Å². The van der Waals surface area contributed by atoms with Gasteiger partial charge in [0.25, 0.3) is 0 Å². The number of hydrogen-bond acceptors (Lipinski definition) is 6. The second-order valence-corrected chi connectivity index (χ2v) is 5.78. The van der Waals surface area contributed by atoms with Crippen LogP contribution < -0.4 is 10.1 Å². The zero-order valence-electron chi connectivity index (χ0n) is 15.0. The van der Waals surface area contributed by atoms with Crippen molar-refractivity contribution in [2.45, 2.75) is 20.4 Å². The first-order chi connectivity index (χ1) is 13.0. The Kier molecular flexibility index (Phi) is 5.55. The topological polar surface area (TPSA) is 99.0 Å². The van der Waals surface area contributed by atoms with Crippen molar-refractivity contribution in [1.82, 2.24) is 20.2 Å². The van der Waals surface area contributed by atoms with Gasteiger partial charge in [0, 0.05) is 16.8 Å². The summed E-state index contributed by atoms with van der Waals surface area (Å²) in [6, 6.07) is 14.0. The smallest absolute Gasteiger partial charge is 0.248 e. The van der Waals surface area contributed by atoms with E-state index in [1.807, 2.05) is 31.2 Å². The van der Waals surface area contributed by atoms with Crippen molar-refractivity contribution < 1.29 is 14.3 Å². The molecule has 0 spiro atoms. The number of ketones is 1. The number of benzene rings is 2. The molecule has 8 nitrogen and oxygen atoms in total. The van der Waals surface area contributed by atoms with Crippen LogP contribution in [0.1, 0.15) is 24.2 Å². The SMILES string of the molecule is CCOc1ccc(-c2nnn(CC(=O)Nc3ccc(C(C)=O)cc3)n2)cc1. The zero-order valence-corrected chi connectivity index (χ0v) is 15.0. The maximum atomic E-state index is 12.1. The Bertz CT molecular complexity index is 933. The molecule has 0 saturated carbocycles. The lowest BCUT2D eigenvalue weighted by molar-refractivity contribution is -0.117. The molecule has 2 aromatic carbocycles. The third kappa shape index (κ3) is 4.75. The van der Waals surface area contributed by atoms with Gasteiger partial charge in [0.1, 0.15) is 12.3 Å². The second kappa shape index (κ2) is 8.22. The molecule has 0 saturated heterocycles. The van der Waals surface area contributed by atoms with Crippen LogP contribution in [0.4, 0.5) is 5.69 Å². The molecule has 1 heterocycles. The summed E-state index contributed by atoms with van der Waals surface area (Å²) in [5.41, 5.74) is 1.97. The Morgan fingerprint density at radius 2 is 1.78 bits per heavy atom. The van der Waals surface area contributed by atoms with Gasteiger partial charge in [-0.1, -0.05) is 0 Å². The first kappa shape index (κ1) is 18.2. The number of carbonyl (C=O) groups excluding carboxylic acids is 2. The summed E-state index contributed by atoms with van der Waals surface area (Å²) in [6.45, 7) is 3.94. The molecule has 0 atom stereocenters. The molecule has 0 aliphatic heterocycles. The monoisotopic (exact) mass is 365 g/mol. The standard InChI is InChI=1S/C19H19N5O3/c1-3-27-17-10-6-15(7-11-17)19-21-23-24(22-19)12-18(26)20-16-8-4-14(5-9-16)13(2)25/h4-11H,3,12H2,1-2H3,(H,20,26). The van der Waals surface area contributed by atoms with Gasteiger partial charge in [-0.05, 0) is 67.6 Å². The van der Waals surface area contributed by atoms with E-state index >= 15 is 0 Å². The molecule has 3 rings (SSSR count). The van der Waals surface area contributed by atoms with E-state index in [0.717, 1.165) is 11.3 Å². The van der Waals surface area contributed by atoms with Crippen LogP contribution in [0.25, 0.3) is 11.4 Å². The molecule has 0 aliphatic rings. The molecule has 0 unspecified atom stereocenters. The molecule has 27 heavy (non-hydrogen) atoms. The number of amides is 1. The Morgan fingerprint density at radius 1 is 1.07 bits per heavy atom. The predicted molar refractivity (Wildman–Crippen MR) is 99.5 cm³/mol. The fraction of sp³-hybridized carbons (Fsp3) is 0.211. The summed E-state index contributed by atoms with van der Waals surface area (Å²) < 4.78 is 5.40. The van der Waals surface area contributed by atoms with Crippen molar-refractivity contribution in [3.63, 3.8) is 0 Å². The highest BCUT2D eigenvalue weighted by molar-refractivity contribution is 5.95. The van der Waals surface area contributed by atoms with E-state index in [-0.39, 0.29) is 18.2 Å². The fourth-order valence-electron chi connectivity index (χ4n) is 2.41. The van der Waals surface area contributed by atoms with Crippen molar-refractivity contribution in [3.8, 4) is 17.1 Å². The Hall–Kier alpha value is -3.55. The highest BCUT2D eigenvalue weighted by Gasteiger charge is 2.10. The van der Waals surface area contributed by atoms with E-state index in [4.69, 9.17) is 4.74 Å². The lowest BCUT2D eigenvalue weighted by Gasteiger charge is -2.05. The summed E-state index contributed by atoms with van der Waals surface area (Å²) in [6.07, 6.45) is 0. The third-order valence-corrected chi connectivity index (χ3v) is 3.74. The van der Waals surface area contributed by atoms with E-state index in [1.165, 1.54) is 11.7 Å². The van der Waals surface area contributed by atoms with E-state index in [0.29, 0.717) is 23.7 Å². The first-order valence-electron chi connectivity index (χ1n) is 8.47. The molecule has 0 radical (unpaired) electrons. The highest BCUT2D eigenvalue weighted by atomic mass is 16.5. The molecular weight excluding hydrogens is 346 g/mol. The number of rotatable bonds is 7. The van der Waals surface area contributed by atoms with Crippen LogP contribution in [-0.2, 0) is 11.3 Å². The average Bonchev–Trinajstić information content (AvgIpc) is 3.11. The molecule has 138 valence electrons. The largest absolute Gasteiger partial charge is 0.494 e.